The number of carboxylic acids is 1. The molecule has 0 aliphatic carbocycles. The second kappa shape index (κ2) is 4.74. The van der Waals surface area contributed by atoms with Gasteiger partial charge in [-0.25, -0.2) is 9.18 Å². The molecule has 0 spiro atoms. The van der Waals surface area contributed by atoms with Gasteiger partial charge in [-0.15, -0.1) is 0 Å². The first-order valence-electron chi connectivity index (χ1n) is 5.06. The molecular formula is C13H10FNO2. The number of carbonyl (C=O) groups is 1. The highest BCUT2D eigenvalue weighted by atomic mass is 19.1. The van der Waals surface area contributed by atoms with Gasteiger partial charge in [0, 0.05) is 18.0 Å². The molecule has 17 heavy (non-hydrogen) atoms. The molecular weight excluding hydrogens is 221 g/mol. The summed E-state index contributed by atoms with van der Waals surface area (Å²) in [7, 11) is 0. The van der Waals surface area contributed by atoms with Crippen LogP contribution in [0.1, 0.15) is 27.7 Å². The number of carboxylic acid groups (broad SMARTS) is 1. The Morgan fingerprint density at radius 1 is 1.24 bits per heavy atom. The van der Waals surface area contributed by atoms with E-state index >= 15 is 0 Å². The lowest BCUT2D eigenvalue weighted by Crippen LogP contribution is -2.00. The van der Waals surface area contributed by atoms with Crippen LogP contribution in [0.15, 0.2) is 48.8 Å². The highest BCUT2D eigenvalue weighted by Crippen LogP contribution is 2.25. The summed E-state index contributed by atoms with van der Waals surface area (Å²) in [6.07, 6.45) is 1.63. The Labute approximate surface area is 97.6 Å². The van der Waals surface area contributed by atoms with E-state index in [1.165, 1.54) is 24.4 Å². The summed E-state index contributed by atoms with van der Waals surface area (Å²) in [5, 5.41) is 8.83. The van der Waals surface area contributed by atoms with Gasteiger partial charge in [-0.2, -0.15) is 0 Å². The predicted molar refractivity (Wildman–Crippen MR) is 60.6 cm³/mol. The number of rotatable bonds is 3. The lowest BCUT2D eigenvalue weighted by Gasteiger charge is -2.08. The molecule has 4 heteroatoms. The van der Waals surface area contributed by atoms with Gasteiger partial charge < -0.3 is 5.11 Å². The Balaban J connectivity index is 2.34. The van der Waals surface area contributed by atoms with E-state index in [4.69, 9.17) is 5.11 Å². The fourth-order valence-electron chi connectivity index (χ4n) is 1.55. The second-order valence-corrected chi connectivity index (χ2v) is 3.58. The molecule has 0 aliphatic heterocycles. The number of alkyl halides is 1. The van der Waals surface area contributed by atoms with Crippen molar-refractivity contribution in [2.24, 2.45) is 0 Å². The van der Waals surface area contributed by atoms with Gasteiger partial charge in [0.15, 0.2) is 6.17 Å². The van der Waals surface area contributed by atoms with Gasteiger partial charge >= 0.3 is 5.97 Å². The Bertz CT molecular complexity index is 528. The van der Waals surface area contributed by atoms with Crippen molar-refractivity contribution >= 4 is 5.97 Å². The lowest BCUT2D eigenvalue weighted by atomic mass is 10.0. The Morgan fingerprint density at radius 3 is 2.65 bits per heavy atom. The summed E-state index contributed by atoms with van der Waals surface area (Å²) >= 11 is 0. The van der Waals surface area contributed by atoms with Crippen molar-refractivity contribution in [1.82, 2.24) is 4.98 Å². The summed E-state index contributed by atoms with van der Waals surface area (Å²) in [6, 6.07) is 9.11. The zero-order valence-electron chi connectivity index (χ0n) is 8.88. The first-order chi connectivity index (χ1) is 8.18. The smallest absolute Gasteiger partial charge is 0.335 e. The topological polar surface area (TPSA) is 50.2 Å². The van der Waals surface area contributed by atoms with Crippen molar-refractivity contribution in [3.05, 3.63) is 65.5 Å². The normalized spacial score (nSPS) is 12.1. The van der Waals surface area contributed by atoms with E-state index in [0.717, 1.165) is 0 Å². The maximum Gasteiger partial charge on any atom is 0.335 e. The van der Waals surface area contributed by atoms with Gasteiger partial charge in [0.2, 0.25) is 0 Å². The van der Waals surface area contributed by atoms with Crippen LogP contribution < -0.4 is 0 Å². The zero-order valence-corrected chi connectivity index (χ0v) is 8.88. The van der Waals surface area contributed by atoms with Crippen LogP contribution in [-0.4, -0.2) is 16.1 Å². The van der Waals surface area contributed by atoms with Crippen LogP contribution >= 0.6 is 0 Å². The van der Waals surface area contributed by atoms with E-state index in [-0.39, 0.29) is 5.56 Å². The molecule has 0 saturated heterocycles. The summed E-state index contributed by atoms with van der Waals surface area (Å²) in [5.41, 5.74) is 0.807. The van der Waals surface area contributed by atoms with Gasteiger partial charge in [-0.1, -0.05) is 18.2 Å². The molecule has 0 bridgehead atoms. The van der Waals surface area contributed by atoms with Gasteiger partial charge in [-0.05, 0) is 23.8 Å². The maximum atomic E-state index is 14.1. The number of nitrogens with zero attached hydrogens (tertiary/aromatic N) is 1. The van der Waals surface area contributed by atoms with Crippen LogP contribution in [0.3, 0.4) is 0 Å². The van der Waals surface area contributed by atoms with Crippen LogP contribution in [0, 0.1) is 0 Å². The molecule has 2 rings (SSSR count). The van der Waals surface area contributed by atoms with Gasteiger partial charge in [0.05, 0.1) is 5.56 Å². The van der Waals surface area contributed by atoms with E-state index < -0.39 is 12.1 Å². The van der Waals surface area contributed by atoms with Crippen molar-refractivity contribution in [3.8, 4) is 0 Å². The van der Waals surface area contributed by atoms with Crippen molar-refractivity contribution in [2.75, 3.05) is 0 Å². The molecule has 0 fully saturated rings. The molecule has 1 heterocycles. The SMILES string of the molecule is O=C(O)c1cccc(C(F)c2cccnc2)c1. The van der Waals surface area contributed by atoms with Gasteiger partial charge in [0.1, 0.15) is 0 Å². The minimum absolute atomic E-state index is 0.0778. The lowest BCUT2D eigenvalue weighted by molar-refractivity contribution is 0.0696. The zero-order chi connectivity index (χ0) is 12.3. The Hall–Kier alpha value is -2.23. The van der Waals surface area contributed by atoms with Crippen LogP contribution in [-0.2, 0) is 0 Å². The number of hydrogen-bond donors (Lipinski definition) is 1. The van der Waals surface area contributed by atoms with Gasteiger partial charge in [0.25, 0.3) is 0 Å². The minimum Gasteiger partial charge on any atom is -0.478 e. The van der Waals surface area contributed by atoms with Crippen molar-refractivity contribution in [2.45, 2.75) is 6.17 Å². The molecule has 3 nitrogen and oxygen atoms in total. The molecule has 1 N–H and O–H groups in total. The van der Waals surface area contributed by atoms with Crippen molar-refractivity contribution in [1.29, 1.82) is 0 Å². The largest absolute Gasteiger partial charge is 0.478 e. The second-order valence-electron chi connectivity index (χ2n) is 3.58. The van der Waals surface area contributed by atoms with E-state index in [0.29, 0.717) is 11.1 Å². The van der Waals surface area contributed by atoms with Crippen molar-refractivity contribution in [3.63, 3.8) is 0 Å². The fraction of sp³-hybridized carbons (Fsp3) is 0.0769. The van der Waals surface area contributed by atoms with E-state index in [2.05, 4.69) is 4.98 Å². The van der Waals surface area contributed by atoms with E-state index in [1.807, 2.05) is 0 Å². The molecule has 1 aromatic carbocycles. The number of aromatic nitrogens is 1. The predicted octanol–water partition coefficient (Wildman–Crippen LogP) is 2.84. The molecule has 2 aromatic rings. The number of hydrogen-bond acceptors (Lipinski definition) is 2. The molecule has 1 atom stereocenters. The van der Waals surface area contributed by atoms with Crippen LogP contribution in [0.5, 0.6) is 0 Å². The van der Waals surface area contributed by atoms with Crippen LogP contribution in [0.25, 0.3) is 0 Å². The summed E-state index contributed by atoms with van der Waals surface area (Å²) in [5.74, 6) is -1.06. The van der Waals surface area contributed by atoms with Crippen LogP contribution in [0.2, 0.25) is 0 Å². The monoisotopic (exact) mass is 231 g/mol. The Morgan fingerprint density at radius 2 is 2.00 bits per heavy atom. The summed E-state index contributed by atoms with van der Waals surface area (Å²) < 4.78 is 14.1. The van der Waals surface area contributed by atoms with E-state index in [9.17, 15) is 9.18 Å². The summed E-state index contributed by atoms with van der Waals surface area (Å²) in [4.78, 5) is 14.6. The van der Waals surface area contributed by atoms with Crippen LogP contribution in [0.4, 0.5) is 4.39 Å². The third-order valence-electron chi connectivity index (χ3n) is 2.40. The molecule has 0 amide bonds. The molecule has 1 unspecified atom stereocenters. The first kappa shape index (κ1) is 11.3. The number of benzene rings is 1. The molecule has 86 valence electrons. The average molecular weight is 231 g/mol. The number of halogens is 1. The Kier molecular flexibility index (Phi) is 3.14. The summed E-state index contributed by atoms with van der Waals surface area (Å²) in [6.45, 7) is 0. The molecule has 0 saturated carbocycles. The standard InChI is InChI=1S/C13H10FNO2/c14-12(11-5-2-6-15-8-11)9-3-1-4-10(7-9)13(16)17/h1-8,12H,(H,16,17). The molecule has 1 aromatic heterocycles. The maximum absolute atomic E-state index is 14.1. The average Bonchev–Trinajstić information content (AvgIpc) is 2.39. The molecule has 0 radical (unpaired) electrons. The van der Waals surface area contributed by atoms with Gasteiger partial charge in [-0.3, -0.25) is 4.98 Å². The van der Waals surface area contributed by atoms with E-state index in [1.54, 1.807) is 24.4 Å². The number of aromatic carboxylic acids is 1. The third-order valence-corrected chi connectivity index (χ3v) is 2.40. The third kappa shape index (κ3) is 2.47. The fourth-order valence-corrected chi connectivity index (χ4v) is 1.55. The van der Waals surface area contributed by atoms with Crippen molar-refractivity contribution < 1.29 is 14.3 Å². The minimum atomic E-state index is -1.36. The number of pyridine rings is 1. The highest BCUT2D eigenvalue weighted by molar-refractivity contribution is 5.87. The highest BCUT2D eigenvalue weighted by Gasteiger charge is 2.14. The molecule has 0 aliphatic rings. The first-order valence-corrected chi connectivity index (χ1v) is 5.06. The quantitative estimate of drug-likeness (QED) is 0.883.